The van der Waals surface area contributed by atoms with Crippen LogP contribution in [-0.2, 0) is 6.54 Å². The van der Waals surface area contributed by atoms with Gasteiger partial charge in [-0.15, -0.1) is 0 Å². The van der Waals surface area contributed by atoms with E-state index in [2.05, 4.69) is 37.1 Å². The summed E-state index contributed by atoms with van der Waals surface area (Å²) < 4.78 is 6.38. The fraction of sp³-hybridized carbons (Fsp3) is 0.706. The minimum absolute atomic E-state index is 0.284. The highest BCUT2D eigenvalue weighted by Gasteiger charge is 2.62. The highest BCUT2D eigenvalue weighted by molar-refractivity contribution is 5.26. The average Bonchev–Trinajstić information content (AvgIpc) is 2.74. The van der Waals surface area contributed by atoms with Gasteiger partial charge in [0.15, 0.2) is 0 Å². The number of aromatic nitrogens is 1. The van der Waals surface area contributed by atoms with Gasteiger partial charge in [-0.1, -0.05) is 26.8 Å². The summed E-state index contributed by atoms with van der Waals surface area (Å²) in [6, 6.07) is 4.07. The van der Waals surface area contributed by atoms with Crippen LogP contribution < -0.4 is 10.1 Å². The van der Waals surface area contributed by atoms with Crippen LogP contribution >= 0.6 is 0 Å². The van der Waals surface area contributed by atoms with E-state index >= 15 is 0 Å². The molecule has 1 aromatic heterocycles. The van der Waals surface area contributed by atoms with Crippen molar-refractivity contribution in [2.75, 3.05) is 7.05 Å². The third kappa shape index (κ3) is 1.86. The summed E-state index contributed by atoms with van der Waals surface area (Å²) in [5, 5.41) is 3.19. The lowest BCUT2D eigenvalue weighted by molar-refractivity contribution is 0.0266. The molecule has 2 saturated carbocycles. The Hall–Kier alpha value is -1.09. The Labute approximate surface area is 122 Å². The Morgan fingerprint density at radius 2 is 2.20 bits per heavy atom. The van der Waals surface area contributed by atoms with Gasteiger partial charge in [0.2, 0.25) is 5.88 Å². The molecular weight excluding hydrogens is 248 g/mol. The minimum Gasteiger partial charge on any atom is -0.474 e. The van der Waals surface area contributed by atoms with Crippen molar-refractivity contribution in [1.82, 2.24) is 10.3 Å². The third-order valence-corrected chi connectivity index (χ3v) is 6.19. The van der Waals surface area contributed by atoms with Gasteiger partial charge < -0.3 is 10.1 Å². The Balaban J connectivity index is 1.83. The number of hydrogen-bond donors (Lipinski definition) is 1. The zero-order valence-electron chi connectivity index (χ0n) is 13.1. The maximum atomic E-state index is 6.38. The molecule has 0 saturated heterocycles. The van der Waals surface area contributed by atoms with Gasteiger partial charge in [0.25, 0.3) is 0 Å². The normalized spacial score (nSPS) is 34.4. The number of nitrogens with one attached hydrogen (secondary N) is 1. The zero-order valence-corrected chi connectivity index (χ0v) is 13.1. The molecule has 0 spiro atoms. The van der Waals surface area contributed by atoms with Crippen LogP contribution in [0.3, 0.4) is 0 Å². The molecule has 0 aromatic carbocycles. The lowest BCUT2D eigenvalue weighted by Gasteiger charge is -2.38. The Morgan fingerprint density at radius 1 is 1.40 bits per heavy atom. The first kappa shape index (κ1) is 13.9. The molecular formula is C17H26N2O. The van der Waals surface area contributed by atoms with Crippen LogP contribution in [-0.4, -0.2) is 18.1 Å². The summed E-state index contributed by atoms with van der Waals surface area (Å²) in [6.07, 6.45) is 5.95. The van der Waals surface area contributed by atoms with Crippen molar-refractivity contribution in [3.8, 4) is 5.88 Å². The van der Waals surface area contributed by atoms with E-state index in [4.69, 9.17) is 4.74 Å². The average molecular weight is 274 g/mol. The number of pyridine rings is 1. The molecule has 1 heterocycles. The van der Waals surface area contributed by atoms with Crippen LogP contribution in [0.25, 0.3) is 0 Å². The van der Waals surface area contributed by atoms with Crippen molar-refractivity contribution in [3.05, 3.63) is 23.9 Å². The maximum Gasteiger partial charge on any atom is 0.218 e. The molecule has 2 bridgehead atoms. The summed E-state index contributed by atoms with van der Waals surface area (Å²) in [5.74, 6) is 1.62. The van der Waals surface area contributed by atoms with Crippen LogP contribution in [0.4, 0.5) is 0 Å². The Morgan fingerprint density at radius 3 is 2.80 bits per heavy atom. The molecule has 3 nitrogen and oxygen atoms in total. The van der Waals surface area contributed by atoms with Gasteiger partial charge in [-0.2, -0.15) is 0 Å². The summed E-state index contributed by atoms with van der Waals surface area (Å²) in [7, 11) is 1.96. The second-order valence-electron chi connectivity index (χ2n) is 7.21. The first-order chi connectivity index (χ1) is 9.49. The number of nitrogens with zero attached hydrogens (tertiary/aromatic N) is 1. The van der Waals surface area contributed by atoms with Gasteiger partial charge >= 0.3 is 0 Å². The van der Waals surface area contributed by atoms with Crippen molar-refractivity contribution in [2.45, 2.75) is 52.7 Å². The smallest absolute Gasteiger partial charge is 0.218 e. The van der Waals surface area contributed by atoms with Crippen LogP contribution in [0, 0.1) is 16.7 Å². The third-order valence-electron chi connectivity index (χ3n) is 6.19. The number of fused-ring (bicyclic) bond motifs is 2. The van der Waals surface area contributed by atoms with Crippen molar-refractivity contribution < 1.29 is 4.74 Å². The zero-order chi connectivity index (χ0) is 14.4. The predicted molar refractivity (Wildman–Crippen MR) is 80.6 cm³/mol. The van der Waals surface area contributed by atoms with Gasteiger partial charge in [0, 0.05) is 23.7 Å². The first-order valence-corrected chi connectivity index (χ1v) is 7.74. The van der Waals surface area contributed by atoms with Crippen molar-refractivity contribution >= 4 is 0 Å². The molecule has 110 valence electrons. The topological polar surface area (TPSA) is 34.2 Å². The molecule has 3 atom stereocenters. The Bertz CT molecular complexity index is 500. The molecule has 1 aromatic rings. The number of hydrogen-bond acceptors (Lipinski definition) is 3. The monoisotopic (exact) mass is 274 g/mol. The molecule has 1 N–H and O–H groups in total. The van der Waals surface area contributed by atoms with Gasteiger partial charge in [0.05, 0.1) is 0 Å². The molecule has 2 aliphatic rings. The second-order valence-corrected chi connectivity index (χ2v) is 7.21. The van der Waals surface area contributed by atoms with E-state index in [1.54, 1.807) is 0 Å². The van der Waals surface area contributed by atoms with E-state index in [1.807, 2.05) is 19.3 Å². The van der Waals surface area contributed by atoms with E-state index in [0.29, 0.717) is 11.5 Å². The van der Waals surface area contributed by atoms with Crippen LogP contribution in [0.15, 0.2) is 18.3 Å². The quantitative estimate of drug-likeness (QED) is 0.914. The standard InChI is InChI=1S/C17H26N2O/c1-16(2)13-7-8-17(16,3)14(10-13)20-15-12(11-18-4)6-5-9-19-15/h5-6,9,13-14,18H,7-8,10-11H2,1-4H3. The molecule has 0 radical (unpaired) electrons. The van der Waals surface area contributed by atoms with E-state index < -0.39 is 0 Å². The van der Waals surface area contributed by atoms with Gasteiger partial charge in [0.1, 0.15) is 6.10 Å². The molecule has 2 fully saturated rings. The molecule has 2 aliphatic carbocycles. The minimum atomic E-state index is 0.284. The molecule has 3 rings (SSSR count). The summed E-state index contributed by atoms with van der Waals surface area (Å²) >= 11 is 0. The maximum absolute atomic E-state index is 6.38. The largest absolute Gasteiger partial charge is 0.474 e. The van der Waals surface area contributed by atoms with Crippen molar-refractivity contribution in [3.63, 3.8) is 0 Å². The Kier molecular flexibility index (Phi) is 3.28. The SMILES string of the molecule is CNCc1cccnc1OC1CC2CCC1(C)C2(C)C. The second kappa shape index (κ2) is 4.73. The summed E-state index contributed by atoms with van der Waals surface area (Å²) in [5.41, 5.74) is 1.82. The highest BCUT2D eigenvalue weighted by Crippen LogP contribution is 2.66. The van der Waals surface area contributed by atoms with E-state index in [-0.39, 0.29) is 5.41 Å². The van der Waals surface area contributed by atoms with Crippen molar-refractivity contribution in [1.29, 1.82) is 0 Å². The predicted octanol–water partition coefficient (Wildman–Crippen LogP) is 3.39. The molecule has 3 unspecified atom stereocenters. The van der Waals surface area contributed by atoms with E-state index in [9.17, 15) is 0 Å². The number of rotatable bonds is 4. The fourth-order valence-electron chi connectivity index (χ4n) is 4.30. The van der Waals surface area contributed by atoms with Crippen LogP contribution in [0.2, 0.25) is 0 Å². The molecule has 20 heavy (non-hydrogen) atoms. The molecule has 0 aliphatic heterocycles. The van der Waals surface area contributed by atoms with E-state index in [0.717, 1.165) is 23.9 Å². The molecule has 0 amide bonds. The molecule has 3 heteroatoms. The lowest BCUT2D eigenvalue weighted by atomic mass is 9.70. The first-order valence-electron chi connectivity index (χ1n) is 7.74. The van der Waals surface area contributed by atoms with Gasteiger partial charge in [-0.25, -0.2) is 4.98 Å². The lowest BCUT2D eigenvalue weighted by Crippen LogP contribution is -2.39. The van der Waals surface area contributed by atoms with E-state index in [1.165, 1.54) is 19.3 Å². The highest BCUT2D eigenvalue weighted by atomic mass is 16.5. The van der Waals surface area contributed by atoms with Crippen LogP contribution in [0.1, 0.15) is 45.6 Å². The van der Waals surface area contributed by atoms with Crippen molar-refractivity contribution in [2.24, 2.45) is 16.7 Å². The fourth-order valence-corrected chi connectivity index (χ4v) is 4.30. The van der Waals surface area contributed by atoms with Gasteiger partial charge in [-0.05, 0) is 43.7 Å². The van der Waals surface area contributed by atoms with Gasteiger partial charge in [-0.3, -0.25) is 0 Å². The number of ether oxygens (including phenoxy) is 1. The van der Waals surface area contributed by atoms with Crippen LogP contribution in [0.5, 0.6) is 5.88 Å². The summed E-state index contributed by atoms with van der Waals surface area (Å²) in [6.45, 7) is 8.05. The summed E-state index contributed by atoms with van der Waals surface area (Å²) in [4.78, 5) is 4.46.